The van der Waals surface area contributed by atoms with Crippen LogP contribution in [-0.2, 0) is 0 Å². The van der Waals surface area contributed by atoms with E-state index in [0.717, 1.165) is 0 Å². The summed E-state index contributed by atoms with van der Waals surface area (Å²) in [5.41, 5.74) is 0.479. The van der Waals surface area contributed by atoms with Gasteiger partial charge in [-0.2, -0.15) is 0 Å². The van der Waals surface area contributed by atoms with E-state index < -0.39 is 0 Å². The summed E-state index contributed by atoms with van der Waals surface area (Å²) < 4.78 is 1.57. The molecule has 0 saturated carbocycles. The first kappa shape index (κ1) is 7.42. The van der Waals surface area contributed by atoms with Gasteiger partial charge in [0.15, 0.2) is 5.16 Å². The molecule has 0 saturated heterocycles. The Balaban J connectivity index is 2.84. The Bertz CT molecular complexity index is 459. The molecule has 2 aromatic rings. The summed E-state index contributed by atoms with van der Waals surface area (Å²) in [6, 6.07) is 3.53. The molecule has 0 aliphatic heterocycles. The van der Waals surface area contributed by atoms with Crippen LogP contribution >= 0.6 is 11.8 Å². The van der Waals surface area contributed by atoms with Crippen molar-refractivity contribution < 1.29 is 0 Å². The van der Waals surface area contributed by atoms with E-state index in [1.807, 2.05) is 6.26 Å². The third kappa shape index (κ3) is 1.02. The first-order valence-electron chi connectivity index (χ1n) is 3.43. The Morgan fingerprint density at radius 1 is 1.67 bits per heavy atom. The summed E-state index contributed by atoms with van der Waals surface area (Å²) in [5, 5.41) is 4.77. The fraction of sp³-hybridized carbons (Fsp3) is 0.143. The summed E-state index contributed by atoms with van der Waals surface area (Å²) in [7, 11) is 0. The quantitative estimate of drug-likeness (QED) is 0.660. The standard InChI is InChI=1S/C7H7N3OS/c1-12-7-8-6(11)5-3-2-4-10(5)9-7/h2-4H,1H3,(H,8,9,11). The van der Waals surface area contributed by atoms with Gasteiger partial charge in [-0.15, -0.1) is 5.10 Å². The van der Waals surface area contributed by atoms with Gasteiger partial charge in [-0.3, -0.25) is 9.78 Å². The highest BCUT2D eigenvalue weighted by Gasteiger charge is 2.00. The van der Waals surface area contributed by atoms with Crippen LogP contribution in [0.15, 0.2) is 28.3 Å². The maximum Gasteiger partial charge on any atom is 0.275 e. The normalized spacial score (nSPS) is 10.8. The van der Waals surface area contributed by atoms with Crippen LogP contribution < -0.4 is 5.56 Å². The molecule has 0 amide bonds. The fourth-order valence-electron chi connectivity index (χ4n) is 1.02. The van der Waals surface area contributed by atoms with E-state index in [0.29, 0.717) is 10.7 Å². The summed E-state index contributed by atoms with van der Waals surface area (Å²) in [5.74, 6) is 0. The third-order valence-electron chi connectivity index (χ3n) is 1.57. The molecule has 12 heavy (non-hydrogen) atoms. The Morgan fingerprint density at radius 3 is 3.25 bits per heavy atom. The van der Waals surface area contributed by atoms with Gasteiger partial charge in [0.1, 0.15) is 5.52 Å². The van der Waals surface area contributed by atoms with Gasteiger partial charge < -0.3 is 0 Å². The lowest BCUT2D eigenvalue weighted by Gasteiger charge is -1.96. The predicted octanol–water partition coefficient (Wildman–Crippen LogP) is 0.744. The summed E-state index contributed by atoms with van der Waals surface area (Å²) in [6.07, 6.45) is 3.62. The molecule has 0 unspecified atom stereocenters. The van der Waals surface area contributed by atoms with Gasteiger partial charge in [-0.25, -0.2) is 4.52 Å². The smallest absolute Gasteiger partial charge is 0.275 e. The van der Waals surface area contributed by atoms with E-state index in [1.54, 1.807) is 22.8 Å². The molecule has 0 atom stereocenters. The lowest BCUT2D eigenvalue weighted by Crippen LogP contribution is -2.12. The van der Waals surface area contributed by atoms with Crippen LogP contribution in [-0.4, -0.2) is 20.9 Å². The molecule has 0 aromatic carbocycles. The minimum absolute atomic E-state index is 0.0978. The second-order valence-electron chi connectivity index (χ2n) is 2.30. The first-order chi connectivity index (χ1) is 5.81. The molecule has 0 aliphatic rings. The Labute approximate surface area is 72.6 Å². The second kappa shape index (κ2) is 2.67. The zero-order chi connectivity index (χ0) is 8.55. The first-order valence-corrected chi connectivity index (χ1v) is 4.65. The predicted molar refractivity (Wildman–Crippen MR) is 47.6 cm³/mol. The molecule has 5 heteroatoms. The van der Waals surface area contributed by atoms with Gasteiger partial charge in [0.05, 0.1) is 0 Å². The average molecular weight is 181 g/mol. The number of thioether (sulfide) groups is 1. The number of aromatic amines is 1. The lowest BCUT2D eigenvalue weighted by atomic mass is 10.5. The highest BCUT2D eigenvalue weighted by atomic mass is 32.2. The van der Waals surface area contributed by atoms with E-state index in [2.05, 4.69) is 10.1 Å². The average Bonchev–Trinajstić information content (AvgIpc) is 2.52. The highest BCUT2D eigenvalue weighted by Crippen LogP contribution is 2.05. The van der Waals surface area contributed by atoms with E-state index in [-0.39, 0.29) is 5.56 Å². The summed E-state index contributed by atoms with van der Waals surface area (Å²) >= 11 is 1.41. The summed E-state index contributed by atoms with van der Waals surface area (Å²) in [4.78, 5) is 14.0. The van der Waals surface area contributed by atoms with Crippen molar-refractivity contribution in [2.45, 2.75) is 5.16 Å². The van der Waals surface area contributed by atoms with Crippen molar-refractivity contribution in [3.8, 4) is 0 Å². The number of rotatable bonds is 1. The minimum Gasteiger partial charge on any atom is -0.298 e. The molecule has 0 bridgehead atoms. The van der Waals surface area contributed by atoms with Crippen molar-refractivity contribution >= 4 is 17.3 Å². The molecule has 2 rings (SSSR count). The third-order valence-corrected chi connectivity index (χ3v) is 2.14. The molecular weight excluding hydrogens is 174 g/mol. The van der Waals surface area contributed by atoms with Gasteiger partial charge in [0, 0.05) is 6.20 Å². The number of aromatic nitrogens is 3. The maximum atomic E-state index is 11.3. The van der Waals surface area contributed by atoms with Crippen molar-refractivity contribution in [1.29, 1.82) is 0 Å². The van der Waals surface area contributed by atoms with Crippen LogP contribution in [0, 0.1) is 0 Å². The van der Waals surface area contributed by atoms with Crippen molar-refractivity contribution in [1.82, 2.24) is 14.6 Å². The Morgan fingerprint density at radius 2 is 2.50 bits per heavy atom. The van der Waals surface area contributed by atoms with E-state index in [1.165, 1.54) is 11.8 Å². The summed E-state index contributed by atoms with van der Waals surface area (Å²) in [6.45, 7) is 0. The van der Waals surface area contributed by atoms with Gasteiger partial charge in [0.2, 0.25) is 0 Å². The largest absolute Gasteiger partial charge is 0.298 e. The molecule has 4 nitrogen and oxygen atoms in total. The number of nitrogens with one attached hydrogen (secondary N) is 1. The number of hydrogen-bond donors (Lipinski definition) is 1. The lowest BCUT2D eigenvalue weighted by molar-refractivity contribution is 0.784. The zero-order valence-corrected chi connectivity index (χ0v) is 7.26. The fourth-order valence-corrected chi connectivity index (χ4v) is 1.38. The van der Waals surface area contributed by atoms with E-state index in [9.17, 15) is 4.79 Å². The van der Waals surface area contributed by atoms with Crippen LogP contribution in [0.4, 0.5) is 0 Å². The van der Waals surface area contributed by atoms with Crippen LogP contribution in [0.5, 0.6) is 0 Å². The van der Waals surface area contributed by atoms with Crippen molar-refractivity contribution in [3.63, 3.8) is 0 Å². The van der Waals surface area contributed by atoms with Crippen LogP contribution in [0.1, 0.15) is 0 Å². The molecule has 1 N–H and O–H groups in total. The Kier molecular flexibility index (Phi) is 1.65. The van der Waals surface area contributed by atoms with Crippen molar-refractivity contribution in [2.24, 2.45) is 0 Å². The van der Waals surface area contributed by atoms with Crippen LogP contribution in [0.2, 0.25) is 0 Å². The number of hydrogen-bond acceptors (Lipinski definition) is 3. The van der Waals surface area contributed by atoms with Crippen LogP contribution in [0.25, 0.3) is 5.52 Å². The minimum atomic E-state index is -0.0978. The van der Waals surface area contributed by atoms with E-state index in [4.69, 9.17) is 0 Å². The number of H-pyrrole nitrogens is 1. The molecule has 0 aliphatic carbocycles. The molecule has 62 valence electrons. The van der Waals surface area contributed by atoms with Gasteiger partial charge in [-0.1, -0.05) is 11.8 Å². The molecule has 0 radical (unpaired) electrons. The Hall–Kier alpha value is -1.23. The van der Waals surface area contributed by atoms with Gasteiger partial charge in [0.25, 0.3) is 5.56 Å². The second-order valence-corrected chi connectivity index (χ2v) is 3.10. The molecular formula is C7H7N3OS. The monoisotopic (exact) mass is 181 g/mol. The zero-order valence-electron chi connectivity index (χ0n) is 6.44. The number of fused-ring (bicyclic) bond motifs is 1. The van der Waals surface area contributed by atoms with Crippen molar-refractivity contribution in [2.75, 3.05) is 6.26 Å². The van der Waals surface area contributed by atoms with Crippen molar-refractivity contribution in [3.05, 3.63) is 28.7 Å². The highest BCUT2D eigenvalue weighted by molar-refractivity contribution is 7.98. The topological polar surface area (TPSA) is 50.2 Å². The van der Waals surface area contributed by atoms with Gasteiger partial charge in [-0.05, 0) is 18.4 Å². The van der Waals surface area contributed by atoms with Gasteiger partial charge >= 0.3 is 0 Å². The van der Waals surface area contributed by atoms with E-state index >= 15 is 0 Å². The van der Waals surface area contributed by atoms with Crippen LogP contribution in [0.3, 0.4) is 0 Å². The molecule has 2 heterocycles. The molecule has 0 spiro atoms. The number of nitrogens with zero attached hydrogens (tertiary/aromatic N) is 2. The SMILES string of the molecule is CSc1nn2cccc2c(=O)[nH]1. The maximum absolute atomic E-state index is 11.3. The molecule has 2 aromatic heterocycles. The molecule has 0 fully saturated rings.